The molecule has 1 aromatic carbocycles. The summed E-state index contributed by atoms with van der Waals surface area (Å²) in [7, 11) is 1.32. The number of esters is 1. The fraction of sp³-hybridized carbons (Fsp3) is 0.286. The number of methoxy groups -OCH3 is 1. The predicted octanol–water partition coefficient (Wildman–Crippen LogP) is 1.69. The summed E-state index contributed by atoms with van der Waals surface area (Å²) in [5.74, 6) is -0.557. The van der Waals surface area contributed by atoms with E-state index in [0.29, 0.717) is 0 Å². The molecule has 0 aromatic heterocycles. The van der Waals surface area contributed by atoms with Gasteiger partial charge in [0, 0.05) is 12.6 Å². The molecule has 0 aliphatic rings. The van der Waals surface area contributed by atoms with Crippen LogP contribution in [0.5, 0.6) is 0 Å². The Morgan fingerprint density at radius 3 is 2.83 bits per heavy atom. The highest BCUT2D eigenvalue weighted by Crippen LogP contribution is 2.05. The summed E-state index contributed by atoms with van der Waals surface area (Å²) in [6, 6.07) is 7.83. The fourth-order valence-corrected chi connectivity index (χ4v) is 1.39. The molecule has 0 saturated carbocycles. The Hall–Kier alpha value is -2.10. The Balaban J connectivity index is 2.38. The van der Waals surface area contributed by atoms with Crippen LogP contribution in [0.2, 0.25) is 0 Å². The normalized spacial score (nSPS) is 10.3. The number of hydrogen-bond donors (Lipinski definition) is 1. The number of nitrogens with one attached hydrogen (secondary N) is 1. The maximum absolute atomic E-state index is 11.4. The Morgan fingerprint density at radius 1 is 1.39 bits per heavy atom. The summed E-state index contributed by atoms with van der Waals surface area (Å²) in [6.45, 7) is 2.28. The van der Waals surface area contributed by atoms with E-state index in [9.17, 15) is 9.59 Å². The van der Waals surface area contributed by atoms with Crippen LogP contribution in [0.25, 0.3) is 6.08 Å². The second-order valence-corrected chi connectivity index (χ2v) is 3.86. The third-order valence-corrected chi connectivity index (χ3v) is 2.33. The van der Waals surface area contributed by atoms with Crippen molar-refractivity contribution in [3.8, 4) is 0 Å². The average molecular weight is 247 g/mol. The molecule has 0 radical (unpaired) electrons. The molecule has 0 fully saturated rings. The molecule has 0 atom stereocenters. The van der Waals surface area contributed by atoms with Crippen molar-refractivity contribution in [1.82, 2.24) is 5.32 Å². The summed E-state index contributed by atoms with van der Waals surface area (Å²) >= 11 is 0. The zero-order chi connectivity index (χ0) is 13.4. The maximum Gasteiger partial charge on any atom is 0.307 e. The van der Waals surface area contributed by atoms with E-state index in [0.717, 1.165) is 11.1 Å². The standard InChI is InChI=1S/C14H17NO3/c1-11-4-3-5-12(10-11)6-7-13(16)15-9-8-14(17)18-2/h3-7,10H,8-9H2,1-2H3,(H,15,16). The van der Waals surface area contributed by atoms with Gasteiger partial charge in [0.2, 0.25) is 5.91 Å². The molecule has 0 aliphatic carbocycles. The molecule has 1 aromatic rings. The average Bonchev–Trinajstić information content (AvgIpc) is 2.36. The lowest BCUT2D eigenvalue weighted by Gasteiger charge is -2.00. The lowest BCUT2D eigenvalue weighted by atomic mass is 10.1. The van der Waals surface area contributed by atoms with E-state index in [1.807, 2.05) is 31.2 Å². The van der Waals surface area contributed by atoms with Crippen molar-refractivity contribution in [2.75, 3.05) is 13.7 Å². The smallest absolute Gasteiger partial charge is 0.307 e. The topological polar surface area (TPSA) is 55.4 Å². The number of hydrogen-bond acceptors (Lipinski definition) is 3. The molecule has 96 valence electrons. The zero-order valence-electron chi connectivity index (χ0n) is 10.6. The highest BCUT2D eigenvalue weighted by Gasteiger charge is 2.00. The van der Waals surface area contributed by atoms with Gasteiger partial charge in [0.1, 0.15) is 0 Å². The summed E-state index contributed by atoms with van der Waals surface area (Å²) < 4.78 is 4.47. The van der Waals surface area contributed by atoms with Gasteiger partial charge in [-0.15, -0.1) is 0 Å². The van der Waals surface area contributed by atoms with Crippen molar-refractivity contribution in [3.63, 3.8) is 0 Å². The summed E-state index contributed by atoms with van der Waals surface area (Å²) in [4.78, 5) is 22.2. The maximum atomic E-state index is 11.4. The SMILES string of the molecule is COC(=O)CCNC(=O)C=Cc1cccc(C)c1. The Bertz CT molecular complexity index is 452. The second kappa shape index (κ2) is 7.27. The molecule has 1 N–H and O–H groups in total. The van der Waals surface area contributed by atoms with E-state index in [-0.39, 0.29) is 24.8 Å². The lowest BCUT2D eigenvalue weighted by molar-refractivity contribution is -0.140. The van der Waals surface area contributed by atoms with Gasteiger partial charge in [-0.25, -0.2) is 0 Å². The largest absolute Gasteiger partial charge is 0.469 e. The van der Waals surface area contributed by atoms with Crippen LogP contribution in [0.1, 0.15) is 17.5 Å². The monoisotopic (exact) mass is 247 g/mol. The number of amides is 1. The quantitative estimate of drug-likeness (QED) is 0.636. The van der Waals surface area contributed by atoms with E-state index in [2.05, 4.69) is 10.1 Å². The van der Waals surface area contributed by atoms with Gasteiger partial charge in [0.25, 0.3) is 0 Å². The minimum Gasteiger partial charge on any atom is -0.469 e. The number of ether oxygens (including phenoxy) is 1. The van der Waals surface area contributed by atoms with Crippen LogP contribution in [-0.4, -0.2) is 25.5 Å². The van der Waals surface area contributed by atoms with E-state index < -0.39 is 0 Å². The van der Waals surface area contributed by atoms with E-state index in [1.54, 1.807) is 6.08 Å². The van der Waals surface area contributed by atoms with Gasteiger partial charge in [-0.2, -0.15) is 0 Å². The molecule has 0 aliphatic heterocycles. The fourth-order valence-electron chi connectivity index (χ4n) is 1.39. The number of carbonyl (C=O) groups excluding carboxylic acids is 2. The van der Waals surface area contributed by atoms with E-state index >= 15 is 0 Å². The van der Waals surface area contributed by atoms with Crippen LogP contribution in [0.15, 0.2) is 30.3 Å². The first-order valence-corrected chi connectivity index (χ1v) is 5.71. The van der Waals surface area contributed by atoms with E-state index in [4.69, 9.17) is 0 Å². The van der Waals surface area contributed by atoms with Crippen LogP contribution in [0.4, 0.5) is 0 Å². The van der Waals surface area contributed by atoms with Crippen LogP contribution in [0.3, 0.4) is 0 Å². The summed E-state index contributed by atoms with van der Waals surface area (Å²) in [5, 5.41) is 2.61. The predicted molar refractivity (Wildman–Crippen MR) is 69.9 cm³/mol. The van der Waals surface area contributed by atoms with Crippen molar-refractivity contribution >= 4 is 18.0 Å². The third-order valence-electron chi connectivity index (χ3n) is 2.33. The first-order valence-electron chi connectivity index (χ1n) is 5.71. The molecule has 18 heavy (non-hydrogen) atoms. The highest BCUT2D eigenvalue weighted by atomic mass is 16.5. The first-order chi connectivity index (χ1) is 8.61. The number of carbonyl (C=O) groups is 2. The van der Waals surface area contributed by atoms with E-state index in [1.165, 1.54) is 13.2 Å². The summed E-state index contributed by atoms with van der Waals surface area (Å²) in [5.41, 5.74) is 2.11. The minimum atomic E-state index is -0.335. The molecule has 1 rings (SSSR count). The van der Waals surface area contributed by atoms with Gasteiger partial charge >= 0.3 is 5.97 Å². The van der Waals surface area contributed by atoms with Gasteiger partial charge in [-0.3, -0.25) is 9.59 Å². The molecule has 0 spiro atoms. The van der Waals surface area contributed by atoms with Crippen molar-refractivity contribution < 1.29 is 14.3 Å². The van der Waals surface area contributed by atoms with Gasteiger partial charge in [0.15, 0.2) is 0 Å². The van der Waals surface area contributed by atoms with Crippen molar-refractivity contribution in [1.29, 1.82) is 0 Å². The van der Waals surface area contributed by atoms with Crippen LogP contribution in [0, 0.1) is 6.92 Å². The van der Waals surface area contributed by atoms with Crippen molar-refractivity contribution in [2.24, 2.45) is 0 Å². The number of aryl methyl sites for hydroxylation is 1. The summed E-state index contributed by atoms with van der Waals surface area (Å²) in [6.07, 6.45) is 3.37. The molecule has 0 unspecified atom stereocenters. The molecule has 0 heterocycles. The van der Waals surface area contributed by atoms with Crippen LogP contribution < -0.4 is 5.32 Å². The minimum absolute atomic E-state index is 0.181. The molecule has 0 saturated heterocycles. The molecule has 4 nitrogen and oxygen atoms in total. The number of benzene rings is 1. The highest BCUT2D eigenvalue weighted by molar-refractivity contribution is 5.91. The molecular weight excluding hydrogens is 230 g/mol. The van der Waals surface area contributed by atoms with Gasteiger partial charge in [-0.05, 0) is 18.6 Å². The lowest BCUT2D eigenvalue weighted by Crippen LogP contribution is -2.24. The van der Waals surface area contributed by atoms with Crippen molar-refractivity contribution in [2.45, 2.75) is 13.3 Å². The third kappa shape index (κ3) is 5.30. The Morgan fingerprint density at radius 2 is 2.17 bits per heavy atom. The van der Waals surface area contributed by atoms with Crippen LogP contribution >= 0.6 is 0 Å². The van der Waals surface area contributed by atoms with Gasteiger partial charge < -0.3 is 10.1 Å². The zero-order valence-corrected chi connectivity index (χ0v) is 10.6. The molecular formula is C14H17NO3. The molecule has 0 bridgehead atoms. The van der Waals surface area contributed by atoms with Gasteiger partial charge in [0.05, 0.1) is 13.5 Å². The van der Waals surface area contributed by atoms with Gasteiger partial charge in [-0.1, -0.05) is 29.8 Å². The Kier molecular flexibility index (Phi) is 5.64. The van der Waals surface area contributed by atoms with Crippen LogP contribution in [-0.2, 0) is 14.3 Å². The van der Waals surface area contributed by atoms with Crippen molar-refractivity contribution in [3.05, 3.63) is 41.5 Å². The molecule has 1 amide bonds. The second-order valence-electron chi connectivity index (χ2n) is 3.86. The Labute approximate surface area is 107 Å². The molecule has 4 heteroatoms. The first kappa shape index (κ1) is 14.0. The number of rotatable bonds is 5.